The molecule has 0 aliphatic heterocycles. The van der Waals surface area contributed by atoms with Crippen molar-refractivity contribution in [2.24, 2.45) is 0 Å². The van der Waals surface area contributed by atoms with Gasteiger partial charge in [0.1, 0.15) is 5.75 Å². The maximum Gasteiger partial charge on any atom is 0.119 e. The van der Waals surface area contributed by atoms with Crippen molar-refractivity contribution in [1.29, 1.82) is 0 Å². The summed E-state index contributed by atoms with van der Waals surface area (Å²) in [6.45, 7) is 5.73. The Morgan fingerprint density at radius 3 is 2.67 bits per heavy atom. The molecule has 0 aromatic heterocycles. The number of rotatable bonds is 7. The minimum atomic E-state index is 0.397. The molecule has 1 aliphatic carbocycles. The van der Waals surface area contributed by atoms with Crippen molar-refractivity contribution in [1.82, 2.24) is 5.32 Å². The van der Waals surface area contributed by atoms with E-state index in [2.05, 4.69) is 43.6 Å². The molecule has 118 valence electrons. The number of hydrogen-bond donors (Lipinski definition) is 1. The van der Waals surface area contributed by atoms with E-state index >= 15 is 0 Å². The Bertz CT molecular complexity index is 448. The molecule has 0 saturated carbocycles. The Hall–Kier alpha value is -0.670. The molecular weight excluding hydrogens is 278 g/mol. The number of ether oxygens (including phenoxy) is 1. The lowest BCUT2D eigenvalue weighted by atomic mass is 9.87. The van der Waals surface area contributed by atoms with E-state index in [1.165, 1.54) is 36.8 Å². The van der Waals surface area contributed by atoms with Crippen molar-refractivity contribution < 1.29 is 4.74 Å². The molecule has 21 heavy (non-hydrogen) atoms. The Morgan fingerprint density at radius 1 is 1.29 bits per heavy atom. The molecule has 1 aliphatic rings. The van der Waals surface area contributed by atoms with E-state index in [1.807, 2.05) is 11.8 Å². The Kier molecular flexibility index (Phi) is 6.00. The van der Waals surface area contributed by atoms with Crippen molar-refractivity contribution >= 4 is 11.8 Å². The first-order chi connectivity index (χ1) is 10.2. The van der Waals surface area contributed by atoms with E-state index in [4.69, 9.17) is 4.74 Å². The molecule has 0 spiro atoms. The number of thioether (sulfide) groups is 1. The van der Waals surface area contributed by atoms with Crippen molar-refractivity contribution in [2.45, 2.75) is 56.7 Å². The first-order valence-corrected chi connectivity index (χ1v) is 9.33. The molecule has 0 fully saturated rings. The van der Waals surface area contributed by atoms with Gasteiger partial charge in [0.2, 0.25) is 0 Å². The van der Waals surface area contributed by atoms with Crippen LogP contribution in [0.4, 0.5) is 0 Å². The molecule has 1 aromatic rings. The highest BCUT2D eigenvalue weighted by Gasteiger charge is 2.27. The van der Waals surface area contributed by atoms with Crippen LogP contribution >= 0.6 is 11.8 Å². The third-order valence-electron chi connectivity index (χ3n) is 5.08. The van der Waals surface area contributed by atoms with Crippen LogP contribution in [0, 0.1) is 0 Å². The summed E-state index contributed by atoms with van der Waals surface area (Å²) in [5.74, 6) is 0.981. The van der Waals surface area contributed by atoms with Crippen LogP contribution in [0.1, 0.15) is 44.2 Å². The summed E-state index contributed by atoms with van der Waals surface area (Å²) in [4.78, 5) is 0. The smallest absolute Gasteiger partial charge is 0.119 e. The average Bonchev–Trinajstić information content (AvgIpc) is 2.56. The average molecular weight is 308 g/mol. The Morgan fingerprint density at radius 2 is 2.05 bits per heavy atom. The molecule has 0 bridgehead atoms. The minimum Gasteiger partial charge on any atom is -0.497 e. The second-order valence-electron chi connectivity index (χ2n) is 6.05. The molecule has 1 unspecified atom stereocenters. The topological polar surface area (TPSA) is 21.3 Å². The summed E-state index contributed by atoms with van der Waals surface area (Å²) in [6.07, 6.45) is 8.27. The van der Waals surface area contributed by atoms with Gasteiger partial charge >= 0.3 is 0 Å². The summed E-state index contributed by atoms with van der Waals surface area (Å²) < 4.78 is 5.76. The van der Waals surface area contributed by atoms with Crippen LogP contribution in [-0.2, 0) is 12.8 Å². The zero-order chi connectivity index (χ0) is 15.3. The van der Waals surface area contributed by atoms with Gasteiger partial charge in [-0.3, -0.25) is 0 Å². The van der Waals surface area contributed by atoms with Crippen LogP contribution in [0.25, 0.3) is 0 Å². The molecule has 0 saturated heterocycles. The number of hydrogen-bond acceptors (Lipinski definition) is 3. The number of aryl methyl sites for hydroxylation is 1. The third-order valence-corrected chi connectivity index (χ3v) is 6.66. The van der Waals surface area contributed by atoms with Crippen molar-refractivity contribution in [2.75, 3.05) is 19.9 Å². The van der Waals surface area contributed by atoms with Gasteiger partial charge in [0.15, 0.2) is 0 Å². The molecular formula is C18H29NOS. The highest BCUT2D eigenvalue weighted by Crippen LogP contribution is 2.31. The van der Waals surface area contributed by atoms with Crippen molar-refractivity contribution in [3.63, 3.8) is 0 Å². The van der Waals surface area contributed by atoms with Gasteiger partial charge in [-0.1, -0.05) is 19.9 Å². The maximum absolute atomic E-state index is 5.36. The van der Waals surface area contributed by atoms with Crippen LogP contribution in [0.2, 0.25) is 0 Å². The summed E-state index contributed by atoms with van der Waals surface area (Å²) in [5, 5.41) is 3.83. The summed E-state index contributed by atoms with van der Waals surface area (Å²) >= 11 is 2.02. The SMILES string of the molecule is CCC(CC)(CNC1CCc2ccc(OC)cc2C1)SC. The third kappa shape index (κ3) is 3.95. The minimum absolute atomic E-state index is 0.397. The van der Waals surface area contributed by atoms with Gasteiger partial charge in [0, 0.05) is 17.3 Å². The van der Waals surface area contributed by atoms with E-state index in [0.29, 0.717) is 10.8 Å². The molecule has 1 N–H and O–H groups in total. The van der Waals surface area contributed by atoms with Gasteiger partial charge in [-0.2, -0.15) is 11.8 Å². The number of methoxy groups -OCH3 is 1. The van der Waals surface area contributed by atoms with Gasteiger partial charge in [-0.05, 0) is 61.6 Å². The number of nitrogens with one attached hydrogen (secondary N) is 1. The molecule has 2 rings (SSSR count). The molecule has 0 amide bonds. The first-order valence-electron chi connectivity index (χ1n) is 8.10. The molecule has 1 aromatic carbocycles. The lowest BCUT2D eigenvalue weighted by Crippen LogP contribution is -2.43. The Balaban J connectivity index is 1.98. The molecule has 0 radical (unpaired) electrons. The van der Waals surface area contributed by atoms with Gasteiger partial charge in [0.25, 0.3) is 0 Å². The van der Waals surface area contributed by atoms with E-state index < -0.39 is 0 Å². The largest absolute Gasteiger partial charge is 0.497 e. The zero-order valence-corrected chi connectivity index (χ0v) is 14.7. The highest BCUT2D eigenvalue weighted by molar-refractivity contribution is 8.00. The summed E-state index contributed by atoms with van der Waals surface area (Å²) in [6, 6.07) is 7.13. The van der Waals surface area contributed by atoms with Crippen LogP contribution < -0.4 is 10.1 Å². The van der Waals surface area contributed by atoms with Crippen LogP contribution in [-0.4, -0.2) is 30.7 Å². The summed E-state index contributed by atoms with van der Waals surface area (Å²) in [7, 11) is 1.75. The fourth-order valence-corrected chi connectivity index (χ4v) is 4.03. The zero-order valence-electron chi connectivity index (χ0n) is 13.9. The monoisotopic (exact) mass is 307 g/mol. The van der Waals surface area contributed by atoms with Crippen LogP contribution in [0.3, 0.4) is 0 Å². The lowest BCUT2D eigenvalue weighted by molar-refractivity contribution is 0.401. The quantitative estimate of drug-likeness (QED) is 0.820. The number of fused-ring (bicyclic) bond motifs is 1. The van der Waals surface area contributed by atoms with Crippen molar-refractivity contribution in [3.05, 3.63) is 29.3 Å². The normalized spacial score (nSPS) is 18.4. The Labute approximate surface area is 134 Å². The van der Waals surface area contributed by atoms with Gasteiger partial charge < -0.3 is 10.1 Å². The highest BCUT2D eigenvalue weighted by atomic mass is 32.2. The van der Waals surface area contributed by atoms with Crippen molar-refractivity contribution in [3.8, 4) is 5.75 Å². The predicted molar refractivity (Wildman–Crippen MR) is 93.6 cm³/mol. The fourth-order valence-electron chi connectivity index (χ4n) is 3.23. The molecule has 3 heteroatoms. The van der Waals surface area contributed by atoms with E-state index in [1.54, 1.807) is 7.11 Å². The maximum atomic E-state index is 5.36. The van der Waals surface area contributed by atoms with E-state index in [0.717, 1.165) is 18.7 Å². The second-order valence-corrected chi connectivity index (χ2v) is 7.32. The first kappa shape index (κ1) is 16.7. The van der Waals surface area contributed by atoms with Gasteiger partial charge in [-0.15, -0.1) is 0 Å². The fraction of sp³-hybridized carbons (Fsp3) is 0.667. The second kappa shape index (κ2) is 7.55. The van der Waals surface area contributed by atoms with Gasteiger partial charge in [-0.25, -0.2) is 0 Å². The summed E-state index contributed by atoms with van der Waals surface area (Å²) in [5.41, 5.74) is 2.96. The van der Waals surface area contributed by atoms with Crippen LogP contribution in [0.15, 0.2) is 18.2 Å². The van der Waals surface area contributed by atoms with E-state index in [-0.39, 0.29) is 0 Å². The van der Waals surface area contributed by atoms with E-state index in [9.17, 15) is 0 Å². The predicted octanol–water partition coefficient (Wildman–Crippen LogP) is 4.06. The van der Waals surface area contributed by atoms with Crippen LogP contribution in [0.5, 0.6) is 5.75 Å². The lowest BCUT2D eigenvalue weighted by Gasteiger charge is -2.34. The number of benzene rings is 1. The molecule has 2 nitrogen and oxygen atoms in total. The standard InChI is InChI=1S/C18H29NOS/c1-5-18(6-2,21-4)13-19-16-9-7-14-8-10-17(20-3)12-15(14)11-16/h8,10,12,16,19H,5-7,9,11,13H2,1-4H3. The molecule has 1 atom stereocenters. The molecule has 0 heterocycles. The van der Waals surface area contributed by atoms with Gasteiger partial charge in [0.05, 0.1) is 7.11 Å².